The van der Waals surface area contributed by atoms with Crippen LogP contribution in [0.1, 0.15) is 23.3 Å². The molecular formula is C19H21N3O3. The van der Waals surface area contributed by atoms with E-state index < -0.39 is 12.0 Å². The second-order valence-corrected chi connectivity index (χ2v) is 5.94. The largest absolute Gasteiger partial charge is 0.493 e. The van der Waals surface area contributed by atoms with Crippen LogP contribution in [-0.2, 0) is 6.54 Å². The molecule has 0 aliphatic rings. The number of carbonyl (C=O) groups is 1. The van der Waals surface area contributed by atoms with E-state index in [1.54, 1.807) is 4.57 Å². The van der Waals surface area contributed by atoms with Crippen LogP contribution in [0.4, 0.5) is 0 Å². The lowest BCUT2D eigenvalue weighted by Gasteiger charge is -2.12. The molecule has 2 aromatic carbocycles. The van der Waals surface area contributed by atoms with Gasteiger partial charge in [-0.2, -0.15) is 0 Å². The van der Waals surface area contributed by atoms with Gasteiger partial charge in [0.15, 0.2) is 0 Å². The SMILES string of the molecule is NC(=O)c1cn(C[C@@H](O)CCCOc2cccc3ccccc23)cn1. The number of hydrogen-bond acceptors (Lipinski definition) is 4. The Morgan fingerprint density at radius 2 is 2.04 bits per heavy atom. The number of fused-ring (bicyclic) bond motifs is 1. The van der Waals surface area contributed by atoms with Gasteiger partial charge < -0.3 is 20.1 Å². The number of aliphatic hydroxyl groups excluding tert-OH is 1. The topological polar surface area (TPSA) is 90.4 Å². The fraction of sp³-hybridized carbons (Fsp3) is 0.263. The van der Waals surface area contributed by atoms with Crippen LogP contribution in [0.25, 0.3) is 10.8 Å². The van der Waals surface area contributed by atoms with Gasteiger partial charge in [-0.25, -0.2) is 4.98 Å². The maximum Gasteiger partial charge on any atom is 0.268 e. The Hall–Kier alpha value is -2.86. The fourth-order valence-corrected chi connectivity index (χ4v) is 2.74. The van der Waals surface area contributed by atoms with Crippen molar-refractivity contribution in [1.82, 2.24) is 9.55 Å². The minimum atomic E-state index is -0.572. The van der Waals surface area contributed by atoms with Gasteiger partial charge in [-0.15, -0.1) is 0 Å². The summed E-state index contributed by atoms with van der Waals surface area (Å²) >= 11 is 0. The molecule has 3 N–H and O–H groups in total. The Balaban J connectivity index is 1.46. The highest BCUT2D eigenvalue weighted by atomic mass is 16.5. The first kappa shape index (κ1) is 17.0. The number of primary amides is 1. The molecule has 6 nitrogen and oxygen atoms in total. The minimum Gasteiger partial charge on any atom is -0.493 e. The van der Waals surface area contributed by atoms with Crippen molar-refractivity contribution in [2.45, 2.75) is 25.5 Å². The normalized spacial score (nSPS) is 12.2. The van der Waals surface area contributed by atoms with E-state index in [1.165, 1.54) is 12.5 Å². The summed E-state index contributed by atoms with van der Waals surface area (Å²) in [7, 11) is 0. The number of carbonyl (C=O) groups excluding carboxylic acids is 1. The second-order valence-electron chi connectivity index (χ2n) is 5.94. The van der Waals surface area contributed by atoms with Gasteiger partial charge in [0.05, 0.1) is 19.0 Å². The molecule has 0 aliphatic heterocycles. The average Bonchev–Trinajstić information content (AvgIpc) is 3.07. The van der Waals surface area contributed by atoms with Crippen LogP contribution in [0.2, 0.25) is 0 Å². The van der Waals surface area contributed by atoms with E-state index in [4.69, 9.17) is 10.5 Å². The first-order valence-corrected chi connectivity index (χ1v) is 8.23. The van der Waals surface area contributed by atoms with Gasteiger partial charge in [0, 0.05) is 18.1 Å². The molecule has 3 aromatic rings. The molecule has 1 atom stereocenters. The van der Waals surface area contributed by atoms with Crippen molar-refractivity contribution in [2.24, 2.45) is 5.73 Å². The summed E-state index contributed by atoms with van der Waals surface area (Å²) in [5.74, 6) is 0.282. The van der Waals surface area contributed by atoms with E-state index in [1.807, 2.05) is 30.3 Å². The fourth-order valence-electron chi connectivity index (χ4n) is 2.74. The standard InChI is InChI=1S/C19H21N3O3/c20-19(24)17-12-22(13-21-17)11-15(23)7-4-10-25-18-9-3-6-14-5-1-2-8-16(14)18/h1-3,5-6,8-9,12-13,15,23H,4,7,10-11H2,(H2,20,24)/t15-/m0/s1. The third-order valence-electron chi connectivity index (χ3n) is 4.00. The zero-order valence-corrected chi connectivity index (χ0v) is 13.8. The molecule has 3 rings (SSSR count). The smallest absolute Gasteiger partial charge is 0.268 e. The van der Waals surface area contributed by atoms with Crippen LogP contribution in [0.15, 0.2) is 55.0 Å². The molecule has 1 heterocycles. The Morgan fingerprint density at radius 1 is 1.24 bits per heavy atom. The molecule has 0 spiro atoms. The Labute approximate surface area is 145 Å². The zero-order valence-electron chi connectivity index (χ0n) is 13.8. The monoisotopic (exact) mass is 339 g/mol. The lowest BCUT2D eigenvalue weighted by atomic mass is 10.1. The number of aliphatic hydroxyl groups is 1. The molecule has 25 heavy (non-hydrogen) atoms. The van der Waals surface area contributed by atoms with Crippen LogP contribution >= 0.6 is 0 Å². The van der Waals surface area contributed by atoms with E-state index in [-0.39, 0.29) is 5.69 Å². The van der Waals surface area contributed by atoms with Gasteiger partial charge >= 0.3 is 0 Å². The summed E-state index contributed by atoms with van der Waals surface area (Å²) in [6.07, 6.45) is 3.82. The number of ether oxygens (including phenoxy) is 1. The first-order chi connectivity index (χ1) is 12.1. The van der Waals surface area contributed by atoms with Gasteiger partial charge in [-0.1, -0.05) is 36.4 Å². The molecule has 0 saturated carbocycles. The number of hydrogen-bond donors (Lipinski definition) is 2. The summed E-state index contributed by atoms with van der Waals surface area (Å²) < 4.78 is 7.53. The number of amides is 1. The number of aromatic nitrogens is 2. The lowest BCUT2D eigenvalue weighted by Crippen LogP contribution is -2.16. The summed E-state index contributed by atoms with van der Waals surface area (Å²) in [6.45, 7) is 0.899. The number of rotatable bonds is 8. The van der Waals surface area contributed by atoms with E-state index in [2.05, 4.69) is 17.1 Å². The van der Waals surface area contributed by atoms with Crippen LogP contribution in [0.3, 0.4) is 0 Å². The van der Waals surface area contributed by atoms with Crippen LogP contribution < -0.4 is 10.5 Å². The van der Waals surface area contributed by atoms with E-state index in [0.29, 0.717) is 19.6 Å². The van der Waals surface area contributed by atoms with Crippen molar-refractivity contribution in [3.05, 3.63) is 60.7 Å². The molecule has 0 radical (unpaired) electrons. The van der Waals surface area contributed by atoms with Crippen LogP contribution in [0, 0.1) is 0 Å². The highest BCUT2D eigenvalue weighted by Gasteiger charge is 2.09. The van der Waals surface area contributed by atoms with Crippen LogP contribution in [0.5, 0.6) is 5.75 Å². The van der Waals surface area contributed by atoms with Crippen molar-refractivity contribution in [3.63, 3.8) is 0 Å². The Kier molecular flexibility index (Phi) is 5.30. The summed E-state index contributed by atoms with van der Waals surface area (Å²) in [5.41, 5.74) is 5.36. The predicted molar refractivity (Wildman–Crippen MR) is 95.4 cm³/mol. The third kappa shape index (κ3) is 4.36. The Bertz CT molecular complexity index is 855. The van der Waals surface area contributed by atoms with Crippen molar-refractivity contribution >= 4 is 16.7 Å². The quantitative estimate of drug-likeness (QED) is 0.616. The summed E-state index contributed by atoms with van der Waals surface area (Å²) in [5, 5.41) is 12.3. The highest BCUT2D eigenvalue weighted by Crippen LogP contribution is 2.25. The van der Waals surface area contributed by atoms with Gasteiger partial charge in [0.1, 0.15) is 11.4 Å². The van der Waals surface area contributed by atoms with Crippen molar-refractivity contribution < 1.29 is 14.6 Å². The lowest BCUT2D eigenvalue weighted by molar-refractivity contribution is 0.0995. The summed E-state index contributed by atoms with van der Waals surface area (Å²) in [6, 6.07) is 14.1. The first-order valence-electron chi connectivity index (χ1n) is 8.23. The molecule has 130 valence electrons. The molecule has 6 heteroatoms. The highest BCUT2D eigenvalue weighted by molar-refractivity contribution is 5.90. The Morgan fingerprint density at radius 3 is 2.84 bits per heavy atom. The third-order valence-corrected chi connectivity index (χ3v) is 4.00. The number of nitrogens with two attached hydrogens (primary N) is 1. The average molecular weight is 339 g/mol. The van der Waals surface area contributed by atoms with Gasteiger partial charge in [-0.05, 0) is 24.3 Å². The van der Waals surface area contributed by atoms with Crippen molar-refractivity contribution in [3.8, 4) is 5.75 Å². The number of nitrogens with zero attached hydrogens (tertiary/aromatic N) is 2. The summed E-state index contributed by atoms with van der Waals surface area (Å²) in [4.78, 5) is 14.9. The van der Waals surface area contributed by atoms with Gasteiger partial charge in [0.2, 0.25) is 0 Å². The van der Waals surface area contributed by atoms with Crippen molar-refractivity contribution in [2.75, 3.05) is 6.61 Å². The second kappa shape index (κ2) is 7.81. The minimum absolute atomic E-state index is 0.200. The molecule has 1 aromatic heterocycles. The molecule has 0 bridgehead atoms. The number of imidazole rings is 1. The molecule has 0 saturated heterocycles. The molecule has 0 fully saturated rings. The van der Waals surface area contributed by atoms with E-state index >= 15 is 0 Å². The zero-order chi connectivity index (χ0) is 17.6. The molecule has 0 unspecified atom stereocenters. The molecule has 0 aliphatic carbocycles. The molecule has 1 amide bonds. The van der Waals surface area contributed by atoms with E-state index in [0.717, 1.165) is 22.9 Å². The number of benzene rings is 2. The van der Waals surface area contributed by atoms with Crippen LogP contribution in [-0.4, -0.2) is 33.3 Å². The maximum absolute atomic E-state index is 11.0. The van der Waals surface area contributed by atoms with Gasteiger partial charge in [0.25, 0.3) is 5.91 Å². The maximum atomic E-state index is 11.0. The predicted octanol–water partition coefficient (Wildman–Crippen LogP) is 2.36. The van der Waals surface area contributed by atoms with E-state index in [9.17, 15) is 9.90 Å². The van der Waals surface area contributed by atoms with Crippen molar-refractivity contribution in [1.29, 1.82) is 0 Å². The van der Waals surface area contributed by atoms with Gasteiger partial charge in [-0.3, -0.25) is 4.79 Å². The molecular weight excluding hydrogens is 318 g/mol.